The van der Waals surface area contributed by atoms with Gasteiger partial charge in [0, 0.05) is 12.5 Å². The number of anilines is 1. The summed E-state index contributed by atoms with van der Waals surface area (Å²) in [7, 11) is 0. The molecule has 0 unspecified atom stereocenters. The van der Waals surface area contributed by atoms with E-state index < -0.39 is 0 Å². The zero-order chi connectivity index (χ0) is 10.1. The fourth-order valence-electron chi connectivity index (χ4n) is 1.42. The Bertz CT molecular complexity index is 403. The molecule has 14 heavy (non-hydrogen) atoms. The van der Waals surface area contributed by atoms with E-state index in [2.05, 4.69) is 0 Å². The number of hydrogen-bond donors (Lipinski definition) is 0. The summed E-state index contributed by atoms with van der Waals surface area (Å²) < 4.78 is 1.57. The number of carbonyl (C=O) groups is 2. The van der Waals surface area contributed by atoms with Crippen molar-refractivity contribution in [2.45, 2.75) is 6.92 Å². The minimum absolute atomic E-state index is 0.0463. The molecule has 0 atom stereocenters. The standard InChI is InChI=1S/C10H9NO2S/c1-7(12)11-9-5-3-2-4-8(9)10(13)6-14-11/h2-5H,6H2,1H3. The first-order valence-corrected chi connectivity index (χ1v) is 5.20. The summed E-state index contributed by atoms with van der Waals surface area (Å²) in [6, 6.07) is 7.19. The maximum Gasteiger partial charge on any atom is 0.233 e. The molecule has 72 valence electrons. The van der Waals surface area contributed by atoms with E-state index >= 15 is 0 Å². The van der Waals surface area contributed by atoms with Crippen molar-refractivity contribution >= 4 is 29.3 Å². The summed E-state index contributed by atoms with van der Waals surface area (Å²) in [4.78, 5) is 22.8. The zero-order valence-corrected chi connectivity index (χ0v) is 8.50. The molecule has 2 rings (SSSR count). The van der Waals surface area contributed by atoms with E-state index in [-0.39, 0.29) is 11.7 Å². The van der Waals surface area contributed by atoms with Gasteiger partial charge in [0.2, 0.25) is 5.91 Å². The predicted molar refractivity (Wildman–Crippen MR) is 56.4 cm³/mol. The van der Waals surface area contributed by atoms with Crippen LogP contribution in [0.3, 0.4) is 0 Å². The highest BCUT2D eigenvalue weighted by atomic mass is 32.2. The molecule has 1 amide bonds. The van der Waals surface area contributed by atoms with Gasteiger partial charge in [-0.3, -0.25) is 13.9 Å². The van der Waals surface area contributed by atoms with E-state index in [9.17, 15) is 9.59 Å². The minimum Gasteiger partial charge on any atom is -0.293 e. The molecule has 1 aliphatic heterocycles. The van der Waals surface area contributed by atoms with Crippen LogP contribution >= 0.6 is 11.9 Å². The molecule has 0 aromatic heterocycles. The first kappa shape index (κ1) is 9.27. The van der Waals surface area contributed by atoms with Crippen molar-refractivity contribution in [1.29, 1.82) is 0 Å². The van der Waals surface area contributed by atoms with Gasteiger partial charge in [0.1, 0.15) is 0 Å². The van der Waals surface area contributed by atoms with E-state index in [0.29, 0.717) is 17.0 Å². The lowest BCUT2D eigenvalue weighted by atomic mass is 10.1. The molecule has 4 heteroatoms. The largest absolute Gasteiger partial charge is 0.293 e. The first-order valence-electron chi connectivity index (χ1n) is 4.26. The van der Waals surface area contributed by atoms with E-state index in [1.807, 2.05) is 12.1 Å². The monoisotopic (exact) mass is 207 g/mol. The molecule has 0 N–H and O–H groups in total. The topological polar surface area (TPSA) is 37.4 Å². The molecule has 0 saturated heterocycles. The third kappa shape index (κ3) is 1.42. The Morgan fingerprint density at radius 3 is 2.86 bits per heavy atom. The van der Waals surface area contributed by atoms with E-state index in [0.717, 1.165) is 0 Å². The number of benzene rings is 1. The number of fused-ring (bicyclic) bond motifs is 1. The number of carbonyl (C=O) groups excluding carboxylic acids is 2. The number of amides is 1. The predicted octanol–water partition coefficient (Wildman–Crippen LogP) is 1.88. The molecule has 1 heterocycles. The van der Waals surface area contributed by atoms with Crippen molar-refractivity contribution in [3.05, 3.63) is 29.8 Å². The van der Waals surface area contributed by atoms with Gasteiger partial charge in [0.15, 0.2) is 5.78 Å². The Morgan fingerprint density at radius 2 is 2.14 bits per heavy atom. The van der Waals surface area contributed by atoms with Gasteiger partial charge < -0.3 is 0 Å². The van der Waals surface area contributed by atoms with Crippen LogP contribution in [0.2, 0.25) is 0 Å². The van der Waals surface area contributed by atoms with E-state index in [1.165, 1.54) is 18.9 Å². The van der Waals surface area contributed by atoms with Crippen LogP contribution in [0.1, 0.15) is 17.3 Å². The normalized spacial score (nSPS) is 15.2. The Hall–Kier alpha value is -1.29. The molecule has 0 bridgehead atoms. The van der Waals surface area contributed by atoms with Crippen LogP contribution < -0.4 is 4.31 Å². The Morgan fingerprint density at radius 1 is 1.43 bits per heavy atom. The lowest BCUT2D eigenvalue weighted by Gasteiger charge is -2.25. The van der Waals surface area contributed by atoms with Crippen molar-refractivity contribution in [3.8, 4) is 0 Å². The fraction of sp³-hybridized carbons (Fsp3) is 0.200. The number of para-hydroxylation sites is 1. The van der Waals surface area contributed by atoms with E-state index in [4.69, 9.17) is 0 Å². The van der Waals surface area contributed by atoms with Crippen LogP contribution in [0.5, 0.6) is 0 Å². The third-order valence-corrected chi connectivity index (χ3v) is 3.14. The van der Waals surface area contributed by atoms with Crippen molar-refractivity contribution in [3.63, 3.8) is 0 Å². The summed E-state index contributed by atoms with van der Waals surface area (Å²) >= 11 is 1.26. The van der Waals surface area contributed by atoms with Gasteiger partial charge in [-0.2, -0.15) is 0 Å². The van der Waals surface area contributed by atoms with Crippen LogP contribution in [-0.2, 0) is 4.79 Å². The second kappa shape index (κ2) is 3.46. The van der Waals surface area contributed by atoms with Crippen molar-refractivity contribution in [1.82, 2.24) is 0 Å². The number of ketones is 1. The Kier molecular flexibility index (Phi) is 2.29. The second-order valence-corrected chi connectivity index (χ2v) is 3.94. The molecule has 0 spiro atoms. The maximum absolute atomic E-state index is 11.5. The molecule has 1 aromatic rings. The number of rotatable bonds is 0. The molecule has 0 fully saturated rings. The lowest BCUT2D eigenvalue weighted by molar-refractivity contribution is -0.115. The van der Waals surface area contributed by atoms with Crippen LogP contribution in [0, 0.1) is 0 Å². The van der Waals surface area contributed by atoms with Crippen molar-refractivity contribution in [2.75, 3.05) is 10.1 Å². The number of hydrogen-bond acceptors (Lipinski definition) is 3. The molecule has 0 radical (unpaired) electrons. The first-order chi connectivity index (χ1) is 6.70. The molecule has 1 aromatic carbocycles. The van der Waals surface area contributed by atoms with Crippen molar-refractivity contribution in [2.24, 2.45) is 0 Å². The molecule has 0 saturated carbocycles. The molecule has 3 nitrogen and oxygen atoms in total. The smallest absolute Gasteiger partial charge is 0.233 e. The van der Waals surface area contributed by atoms with Gasteiger partial charge in [-0.25, -0.2) is 0 Å². The highest BCUT2D eigenvalue weighted by Crippen LogP contribution is 2.32. The summed E-state index contributed by atoms with van der Waals surface area (Å²) in [6.45, 7) is 1.50. The minimum atomic E-state index is -0.0463. The molecular formula is C10H9NO2S. The van der Waals surface area contributed by atoms with Gasteiger partial charge in [-0.05, 0) is 24.1 Å². The lowest BCUT2D eigenvalue weighted by Crippen LogP contribution is -2.28. The summed E-state index contributed by atoms with van der Waals surface area (Å²) in [5, 5.41) is 0. The average molecular weight is 207 g/mol. The van der Waals surface area contributed by atoms with Crippen LogP contribution in [-0.4, -0.2) is 17.4 Å². The summed E-state index contributed by atoms with van der Waals surface area (Å²) in [6.07, 6.45) is 0. The highest BCUT2D eigenvalue weighted by Gasteiger charge is 2.25. The van der Waals surface area contributed by atoms with Crippen LogP contribution in [0.25, 0.3) is 0 Å². The SMILES string of the molecule is CC(=O)N1SCC(=O)c2ccccc21. The fourth-order valence-corrected chi connectivity index (χ4v) is 2.30. The molecule has 1 aliphatic rings. The average Bonchev–Trinajstić information content (AvgIpc) is 2.18. The zero-order valence-electron chi connectivity index (χ0n) is 7.69. The number of Topliss-reactive ketones (excluding diaryl/α,β-unsaturated/α-hetero) is 1. The van der Waals surface area contributed by atoms with Crippen molar-refractivity contribution < 1.29 is 9.59 Å². The third-order valence-electron chi connectivity index (χ3n) is 2.03. The molecular weight excluding hydrogens is 198 g/mol. The quantitative estimate of drug-likeness (QED) is 0.609. The Labute approximate surface area is 86.2 Å². The Balaban J connectivity index is 2.52. The van der Waals surface area contributed by atoms with E-state index in [1.54, 1.807) is 16.4 Å². The highest BCUT2D eigenvalue weighted by molar-refractivity contribution is 8.02. The van der Waals surface area contributed by atoms with Gasteiger partial charge in [0.05, 0.1) is 11.4 Å². The summed E-state index contributed by atoms with van der Waals surface area (Å²) in [5.74, 6) is 0.384. The van der Waals surface area contributed by atoms with Gasteiger partial charge in [-0.1, -0.05) is 12.1 Å². The van der Waals surface area contributed by atoms with Crippen LogP contribution in [0.15, 0.2) is 24.3 Å². The molecule has 0 aliphatic carbocycles. The maximum atomic E-state index is 11.5. The van der Waals surface area contributed by atoms with Gasteiger partial charge in [-0.15, -0.1) is 0 Å². The number of nitrogens with zero attached hydrogens (tertiary/aromatic N) is 1. The van der Waals surface area contributed by atoms with Crippen LogP contribution in [0.4, 0.5) is 5.69 Å². The summed E-state index contributed by atoms with van der Waals surface area (Å²) in [5.41, 5.74) is 1.35. The second-order valence-electron chi connectivity index (χ2n) is 3.03. The van der Waals surface area contributed by atoms with Gasteiger partial charge in [0.25, 0.3) is 0 Å². The van der Waals surface area contributed by atoms with Gasteiger partial charge >= 0.3 is 0 Å².